The third-order valence-electron chi connectivity index (χ3n) is 2.09. The molecule has 2 aromatic rings. The van der Waals surface area contributed by atoms with Crippen molar-refractivity contribution in [1.29, 1.82) is 0 Å². The van der Waals surface area contributed by atoms with Crippen molar-refractivity contribution >= 4 is 5.69 Å². The van der Waals surface area contributed by atoms with Crippen LogP contribution in [0.15, 0.2) is 27.8 Å². The standard InChI is InChI=1S/C10H10N4O3/c1-5-4-6(11)2-3-7(5)17-9-8(15)12-10(16)14-13-9/h2-4H,11H2,1H3,(H2,12,14,15,16). The van der Waals surface area contributed by atoms with Gasteiger partial charge in [0, 0.05) is 5.69 Å². The molecule has 7 heteroatoms. The summed E-state index contributed by atoms with van der Waals surface area (Å²) in [6.45, 7) is 1.78. The van der Waals surface area contributed by atoms with Gasteiger partial charge in [-0.2, -0.15) is 0 Å². The molecule has 0 amide bonds. The van der Waals surface area contributed by atoms with Gasteiger partial charge in [-0.3, -0.25) is 9.78 Å². The van der Waals surface area contributed by atoms with E-state index in [1.807, 2.05) is 4.98 Å². The number of aromatic nitrogens is 3. The van der Waals surface area contributed by atoms with E-state index in [9.17, 15) is 9.59 Å². The molecule has 0 spiro atoms. The Hall–Kier alpha value is -2.57. The highest BCUT2D eigenvalue weighted by molar-refractivity contribution is 5.47. The molecule has 1 aromatic carbocycles. The number of aromatic amines is 2. The smallest absolute Gasteiger partial charge is 0.342 e. The Bertz CT molecular complexity index is 659. The first kappa shape index (κ1) is 10.9. The molecule has 0 fully saturated rings. The van der Waals surface area contributed by atoms with Crippen molar-refractivity contribution in [2.45, 2.75) is 6.92 Å². The van der Waals surface area contributed by atoms with Crippen LogP contribution in [0, 0.1) is 6.92 Å². The molecule has 0 saturated heterocycles. The van der Waals surface area contributed by atoms with Crippen LogP contribution in [0.2, 0.25) is 0 Å². The molecule has 1 aromatic heterocycles. The van der Waals surface area contributed by atoms with Crippen LogP contribution in [-0.2, 0) is 0 Å². The van der Waals surface area contributed by atoms with Crippen molar-refractivity contribution in [3.8, 4) is 11.6 Å². The predicted molar refractivity (Wildman–Crippen MR) is 61.1 cm³/mol. The number of ether oxygens (including phenoxy) is 1. The molecule has 2 rings (SSSR count). The third kappa shape index (κ3) is 2.33. The predicted octanol–water partition coefficient (Wildman–Crippen LogP) is 0.141. The fraction of sp³-hybridized carbons (Fsp3) is 0.100. The molecule has 88 valence electrons. The second-order valence-electron chi connectivity index (χ2n) is 3.44. The fourth-order valence-corrected chi connectivity index (χ4v) is 1.30. The van der Waals surface area contributed by atoms with Gasteiger partial charge in [0.25, 0.3) is 0 Å². The number of anilines is 1. The molecule has 7 nitrogen and oxygen atoms in total. The Labute approximate surface area is 95.3 Å². The maximum absolute atomic E-state index is 11.3. The number of nitrogens with two attached hydrogens (primary N) is 1. The quantitative estimate of drug-likeness (QED) is 0.639. The Morgan fingerprint density at radius 1 is 1.35 bits per heavy atom. The second kappa shape index (κ2) is 4.12. The lowest BCUT2D eigenvalue weighted by Crippen LogP contribution is -2.24. The summed E-state index contributed by atoms with van der Waals surface area (Å²) < 4.78 is 5.27. The number of nitrogens with one attached hydrogen (secondary N) is 2. The zero-order valence-corrected chi connectivity index (χ0v) is 8.98. The molecule has 1 heterocycles. The van der Waals surface area contributed by atoms with Crippen molar-refractivity contribution in [2.75, 3.05) is 5.73 Å². The van der Waals surface area contributed by atoms with Crippen molar-refractivity contribution < 1.29 is 4.74 Å². The number of nitrogens with zero attached hydrogens (tertiary/aromatic N) is 1. The average molecular weight is 234 g/mol. The number of rotatable bonds is 2. The van der Waals surface area contributed by atoms with Crippen LogP contribution in [0.3, 0.4) is 0 Å². The van der Waals surface area contributed by atoms with E-state index in [4.69, 9.17) is 10.5 Å². The summed E-state index contributed by atoms with van der Waals surface area (Å²) >= 11 is 0. The van der Waals surface area contributed by atoms with Crippen LogP contribution in [0.1, 0.15) is 5.56 Å². The van der Waals surface area contributed by atoms with Gasteiger partial charge in [-0.05, 0) is 30.7 Å². The number of benzene rings is 1. The first-order valence-corrected chi connectivity index (χ1v) is 4.79. The fourth-order valence-electron chi connectivity index (χ4n) is 1.30. The summed E-state index contributed by atoms with van der Waals surface area (Å²) in [6, 6.07) is 4.97. The molecular weight excluding hydrogens is 224 g/mol. The van der Waals surface area contributed by atoms with E-state index in [1.54, 1.807) is 25.1 Å². The van der Waals surface area contributed by atoms with Gasteiger partial charge < -0.3 is 10.5 Å². The monoisotopic (exact) mass is 234 g/mol. The number of aryl methyl sites for hydroxylation is 1. The zero-order valence-electron chi connectivity index (χ0n) is 8.98. The van der Waals surface area contributed by atoms with Crippen LogP contribution in [0.4, 0.5) is 5.69 Å². The van der Waals surface area contributed by atoms with E-state index >= 15 is 0 Å². The molecule has 4 N–H and O–H groups in total. The largest absolute Gasteiger partial charge is 0.433 e. The van der Waals surface area contributed by atoms with Gasteiger partial charge in [-0.15, -0.1) is 5.10 Å². The van der Waals surface area contributed by atoms with E-state index in [0.29, 0.717) is 11.4 Å². The molecule has 0 aliphatic rings. The van der Waals surface area contributed by atoms with Gasteiger partial charge in [0.15, 0.2) is 0 Å². The average Bonchev–Trinajstić information content (AvgIpc) is 2.25. The molecule has 0 radical (unpaired) electrons. The maximum atomic E-state index is 11.3. The Morgan fingerprint density at radius 2 is 2.12 bits per heavy atom. The first-order valence-electron chi connectivity index (χ1n) is 4.79. The van der Waals surface area contributed by atoms with Gasteiger partial charge in [-0.1, -0.05) is 0 Å². The normalized spacial score (nSPS) is 10.2. The molecule has 17 heavy (non-hydrogen) atoms. The molecule has 0 aliphatic heterocycles. The summed E-state index contributed by atoms with van der Waals surface area (Å²) in [4.78, 5) is 24.1. The molecule has 0 bridgehead atoms. The van der Waals surface area contributed by atoms with E-state index in [1.165, 1.54) is 0 Å². The summed E-state index contributed by atoms with van der Waals surface area (Å²) in [6.07, 6.45) is 0. The van der Waals surface area contributed by atoms with Gasteiger partial charge in [-0.25, -0.2) is 9.89 Å². The van der Waals surface area contributed by atoms with E-state index in [2.05, 4.69) is 10.2 Å². The Kier molecular flexibility index (Phi) is 2.65. The Balaban J connectivity index is 2.38. The lowest BCUT2D eigenvalue weighted by Gasteiger charge is -2.06. The van der Waals surface area contributed by atoms with Crippen LogP contribution in [0.5, 0.6) is 11.6 Å². The number of nitrogen functional groups attached to an aromatic ring is 1. The summed E-state index contributed by atoms with van der Waals surface area (Å²) in [7, 11) is 0. The van der Waals surface area contributed by atoms with Gasteiger partial charge in [0.2, 0.25) is 0 Å². The lowest BCUT2D eigenvalue weighted by atomic mass is 10.2. The zero-order chi connectivity index (χ0) is 12.4. The van der Waals surface area contributed by atoms with Crippen molar-refractivity contribution in [1.82, 2.24) is 15.2 Å². The first-order chi connectivity index (χ1) is 8.06. The molecule has 0 aliphatic carbocycles. The van der Waals surface area contributed by atoms with Gasteiger partial charge in [0.1, 0.15) is 5.75 Å². The second-order valence-corrected chi connectivity index (χ2v) is 3.44. The molecular formula is C10H10N4O3. The number of hydrogen-bond donors (Lipinski definition) is 3. The van der Waals surface area contributed by atoms with Crippen LogP contribution in [-0.4, -0.2) is 15.2 Å². The number of H-pyrrole nitrogens is 2. The topological polar surface area (TPSA) is 114 Å². The third-order valence-corrected chi connectivity index (χ3v) is 2.09. The highest BCUT2D eigenvalue weighted by atomic mass is 16.5. The van der Waals surface area contributed by atoms with Gasteiger partial charge >= 0.3 is 17.1 Å². The van der Waals surface area contributed by atoms with Crippen LogP contribution < -0.4 is 21.7 Å². The SMILES string of the molecule is Cc1cc(N)ccc1Oc1n[nH]c(=O)[nH]c1=O. The Morgan fingerprint density at radius 3 is 2.76 bits per heavy atom. The summed E-state index contributed by atoms with van der Waals surface area (Å²) in [5.41, 5.74) is 5.57. The van der Waals surface area contributed by atoms with E-state index < -0.39 is 11.2 Å². The van der Waals surface area contributed by atoms with Crippen molar-refractivity contribution in [3.05, 3.63) is 44.6 Å². The van der Waals surface area contributed by atoms with Gasteiger partial charge in [0.05, 0.1) is 0 Å². The number of hydrogen-bond acceptors (Lipinski definition) is 5. The molecule has 0 atom stereocenters. The molecule has 0 saturated carbocycles. The van der Waals surface area contributed by atoms with Crippen LogP contribution in [0.25, 0.3) is 0 Å². The minimum atomic E-state index is -0.690. The molecule has 0 unspecified atom stereocenters. The van der Waals surface area contributed by atoms with Crippen molar-refractivity contribution in [2.24, 2.45) is 0 Å². The van der Waals surface area contributed by atoms with E-state index in [-0.39, 0.29) is 5.88 Å². The van der Waals surface area contributed by atoms with Crippen molar-refractivity contribution in [3.63, 3.8) is 0 Å². The van der Waals surface area contributed by atoms with Crippen LogP contribution >= 0.6 is 0 Å². The minimum Gasteiger partial charge on any atom is -0.433 e. The highest BCUT2D eigenvalue weighted by Crippen LogP contribution is 2.22. The summed E-state index contributed by atoms with van der Waals surface area (Å²) in [5, 5.41) is 5.58. The minimum absolute atomic E-state index is 0.225. The highest BCUT2D eigenvalue weighted by Gasteiger charge is 2.07. The summed E-state index contributed by atoms with van der Waals surface area (Å²) in [5.74, 6) is 0.224. The van der Waals surface area contributed by atoms with E-state index in [0.717, 1.165) is 5.56 Å². The maximum Gasteiger partial charge on any atom is 0.342 e. The lowest BCUT2D eigenvalue weighted by molar-refractivity contribution is 0.440.